The van der Waals surface area contributed by atoms with Gasteiger partial charge in [-0.3, -0.25) is 9.59 Å². The minimum absolute atomic E-state index is 0.397. The third kappa shape index (κ3) is 5.32. The topological polar surface area (TPSA) is 75.5 Å². The van der Waals surface area contributed by atoms with Gasteiger partial charge in [-0.1, -0.05) is 32.0 Å². The van der Waals surface area contributed by atoms with Crippen LogP contribution in [-0.4, -0.2) is 22.6 Å². The summed E-state index contributed by atoms with van der Waals surface area (Å²) in [6.45, 7) is 12.4. The first-order valence-corrected chi connectivity index (χ1v) is 10.7. The third-order valence-corrected chi connectivity index (χ3v) is 5.35. The van der Waals surface area contributed by atoms with Gasteiger partial charge in [-0.05, 0) is 80.6 Å². The second-order valence-electron chi connectivity index (χ2n) is 8.44. The molecule has 32 heavy (non-hydrogen) atoms. The number of hydrogen-bond donors (Lipinski definition) is 2. The molecule has 3 aromatic rings. The molecule has 0 atom stereocenters. The lowest BCUT2D eigenvalue weighted by molar-refractivity contribution is -0.136. The average molecular weight is 431 g/mol. The summed E-state index contributed by atoms with van der Waals surface area (Å²) < 4.78 is 2.15. The van der Waals surface area contributed by atoms with Gasteiger partial charge in [0, 0.05) is 28.3 Å². The van der Waals surface area contributed by atoms with Gasteiger partial charge >= 0.3 is 11.8 Å². The molecule has 166 valence electrons. The van der Waals surface area contributed by atoms with Crippen LogP contribution in [0, 0.1) is 27.7 Å². The Balaban J connectivity index is 1.66. The van der Waals surface area contributed by atoms with Crippen LogP contribution in [0.15, 0.2) is 53.6 Å². The highest BCUT2D eigenvalue weighted by molar-refractivity contribution is 6.39. The molecule has 0 spiro atoms. The first-order chi connectivity index (χ1) is 15.2. The molecule has 2 N–H and O–H groups in total. The maximum Gasteiger partial charge on any atom is 0.329 e. The van der Waals surface area contributed by atoms with E-state index in [-0.39, 0.29) is 0 Å². The fraction of sp³-hybridized carbons (Fsp3) is 0.269. The van der Waals surface area contributed by atoms with Gasteiger partial charge in [-0.25, -0.2) is 5.43 Å². The first kappa shape index (κ1) is 23.0. The van der Waals surface area contributed by atoms with Crippen LogP contribution in [0.2, 0.25) is 0 Å². The molecule has 0 aliphatic rings. The van der Waals surface area contributed by atoms with E-state index in [2.05, 4.69) is 66.3 Å². The van der Waals surface area contributed by atoms with E-state index in [1.807, 2.05) is 32.0 Å². The summed E-state index contributed by atoms with van der Waals surface area (Å²) in [5.74, 6) is -1.19. The van der Waals surface area contributed by atoms with Crippen molar-refractivity contribution in [1.29, 1.82) is 0 Å². The van der Waals surface area contributed by atoms with Gasteiger partial charge in [0.1, 0.15) is 0 Å². The Bertz CT molecular complexity index is 1150. The zero-order valence-electron chi connectivity index (χ0n) is 19.5. The molecule has 0 bridgehead atoms. The van der Waals surface area contributed by atoms with Crippen LogP contribution in [0.3, 0.4) is 0 Å². The molecule has 2 amide bonds. The van der Waals surface area contributed by atoms with Gasteiger partial charge in [0.25, 0.3) is 0 Å². The van der Waals surface area contributed by atoms with E-state index in [1.165, 1.54) is 11.1 Å². The van der Waals surface area contributed by atoms with E-state index >= 15 is 0 Å². The lowest BCUT2D eigenvalue weighted by Gasteiger charge is -2.11. The van der Waals surface area contributed by atoms with Crippen molar-refractivity contribution < 1.29 is 9.59 Å². The Morgan fingerprint density at radius 2 is 1.53 bits per heavy atom. The highest BCUT2D eigenvalue weighted by Crippen LogP contribution is 2.22. The molecule has 0 radical (unpaired) electrons. The number of nitrogens with zero attached hydrogens (tertiary/aromatic N) is 2. The predicted octanol–water partition coefficient (Wildman–Crippen LogP) is 4.92. The number of aryl methyl sites for hydroxylation is 3. The highest BCUT2D eigenvalue weighted by atomic mass is 16.2. The summed E-state index contributed by atoms with van der Waals surface area (Å²) in [6, 6.07) is 15.8. The number of anilines is 1. The number of nitrogens with one attached hydrogen (secondary N) is 2. The number of rotatable bonds is 5. The smallest absolute Gasteiger partial charge is 0.318 e. The second kappa shape index (κ2) is 9.64. The zero-order valence-corrected chi connectivity index (χ0v) is 19.5. The number of hydrogen-bond acceptors (Lipinski definition) is 3. The maximum atomic E-state index is 12.1. The standard InChI is InChI=1S/C26H30N4O2/c1-16(2)21-7-9-23(10-8-21)28-25(31)26(32)29-27-15-22-14-19(5)30(20(22)6)24-12-17(3)11-18(4)13-24/h7-16H,1-6H3,(H,28,31)(H,29,32)/b27-15-. The van der Waals surface area contributed by atoms with Crippen LogP contribution < -0.4 is 10.7 Å². The Kier molecular flexibility index (Phi) is 6.93. The van der Waals surface area contributed by atoms with E-state index < -0.39 is 11.8 Å². The van der Waals surface area contributed by atoms with Crippen molar-refractivity contribution in [3.8, 4) is 5.69 Å². The molecule has 0 aliphatic heterocycles. The molecule has 0 saturated heterocycles. The Hall–Kier alpha value is -3.67. The van der Waals surface area contributed by atoms with Gasteiger partial charge < -0.3 is 9.88 Å². The van der Waals surface area contributed by atoms with Crippen LogP contribution in [0.4, 0.5) is 5.69 Å². The summed E-state index contributed by atoms with van der Waals surface area (Å²) in [5, 5.41) is 6.57. The van der Waals surface area contributed by atoms with Crippen LogP contribution in [0.1, 0.15) is 53.4 Å². The summed E-state index contributed by atoms with van der Waals surface area (Å²) in [7, 11) is 0. The largest absolute Gasteiger partial charge is 0.329 e. The Morgan fingerprint density at radius 1 is 0.906 bits per heavy atom. The number of carbonyl (C=O) groups excluding carboxylic acids is 2. The monoisotopic (exact) mass is 430 g/mol. The van der Waals surface area contributed by atoms with Gasteiger partial charge in [0.15, 0.2) is 0 Å². The van der Waals surface area contributed by atoms with Crippen LogP contribution in [0.25, 0.3) is 5.69 Å². The molecular weight excluding hydrogens is 400 g/mol. The SMILES string of the molecule is Cc1cc(C)cc(-n2c(C)cc(/C=N\NC(=O)C(=O)Nc3ccc(C(C)C)cc3)c2C)c1. The van der Waals surface area contributed by atoms with Gasteiger partial charge in [-0.15, -0.1) is 0 Å². The summed E-state index contributed by atoms with van der Waals surface area (Å²) in [6.07, 6.45) is 1.56. The summed E-state index contributed by atoms with van der Waals surface area (Å²) in [4.78, 5) is 24.3. The van der Waals surface area contributed by atoms with E-state index in [4.69, 9.17) is 0 Å². The highest BCUT2D eigenvalue weighted by Gasteiger charge is 2.14. The minimum Gasteiger partial charge on any atom is -0.318 e. The molecular formula is C26H30N4O2. The zero-order chi connectivity index (χ0) is 23.4. The minimum atomic E-state index is -0.822. The van der Waals surface area contributed by atoms with Crippen molar-refractivity contribution in [3.05, 3.63) is 82.2 Å². The van der Waals surface area contributed by atoms with Crippen molar-refractivity contribution in [3.63, 3.8) is 0 Å². The first-order valence-electron chi connectivity index (χ1n) is 10.7. The van der Waals surface area contributed by atoms with Gasteiger partial charge in [-0.2, -0.15) is 5.10 Å². The number of benzene rings is 2. The Labute approximate surface area is 189 Å². The van der Waals surface area contributed by atoms with Crippen LogP contribution >= 0.6 is 0 Å². The van der Waals surface area contributed by atoms with Crippen molar-refractivity contribution in [2.45, 2.75) is 47.5 Å². The van der Waals surface area contributed by atoms with E-state index in [0.29, 0.717) is 11.6 Å². The van der Waals surface area contributed by atoms with Crippen molar-refractivity contribution in [1.82, 2.24) is 9.99 Å². The van der Waals surface area contributed by atoms with Crippen molar-refractivity contribution in [2.24, 2.45) is 5.10 Å². The van der Waals surface area contributed by atoms with Gasteiger partial charge in [0.2, 0.25) is 0 Å². The molecule has 6 nitrogen and oxygen atoms in total. The Morgan fingerprint density at radius 3 is 2.12 bits per heavy atom. The predicted molar refractivity (Wildman–Crippen MR) is 130 cm³/mol. The number of amides is 2. The fourth-order valence-corrected chi connectivity index (χ4v) is 3.75. The van der Waals surface area contributed by atoms with Crippen LogP contribution in [-0.2, 0) is 9.59 Å². The third-order valence-electron chi connectivity index (χ3n) is 5.35. The van der Waals surface area contributed by atoms with Crippen LogP contribution in [0.5, 0.6) is 0 Å². The van der Waals surface area contributed by atoms with E-state index in [9.17, 15) is 9.59 Å². The number of carbonyl (C=O) groups is 2. The van der Waals surface area contributed by atoms with Gasteiger partial charge in [0.05, 0.1) is 6.21 Å². The molecule has 2 aromatic carbocycles. The lowest BCUT2D eigenvalue weighted by atomic mass is 10.0. The molecule has 0 unspecified atom stereocenters. The average Bonchev–Trinajstić information content (AvgIpc) is 3.00. The number of hydrazone groups is 1. The van der Waals surface area contributed by atoms with E-state index in [1.54, 1.807) is 18.3 Å². The van der Waals surface area contributed by atoms with E-state index in [0.717, 1.165) is 28.2 Å². The normalized spacial score (nSPS) is 11.2. The molecule has 1 heterocycles. The molecule has 0 saturated carbocycles. The molecule has 1 aromatic heterocycles. The lowest BCUT2D eigenvalue weighted by Crippen LogP contribution is -2.32. The molecule has 6 heteroatoms. The maximum absolute atomic E-state index is 12.1. The van der Waals surface area contributed by atoms with Crippen molar-refractivity contribution >= 4 is 23.7 Å². The second-order valence-corrected chi connectivity index (χ2v) is 8.44. The molecule has 0 fully saturated rings. The number of aromatic nitrogens is 1. The molecule has 0 aliphatic carbocycles. The molecule has 3 rings (SSSR count). The fourth-order valence-electron chi connectivity index (χ4n) is 3.75. The summed E-state index contributed by atoms with van der Waals surface area (Å²) >= 11 is 0. The van der Waals surface area contributed by atoms with Crippen molar-refractivity contribution in [2.75, 3.05) is 5.32 Å². The quantitative estimate of drug-likeness (QED) is 0.342. The summed E-state index contributed by atoms with van der Waals surface area (Å²) in [5.41, 5.74) is 10.4.